The van der Waals surface area contributed by atoms with Gasteiger partial charge >= 0.3 is 0 Å². The van der Waals surface area contributed by atoms with Crippen molar-refractivity contribution in [2.45, 2.75) is 12.8 Å². The van der Waals surface area contributed by atoms with E-state index >= 15 is 0 Å². The van der Waals surface area contributed by atoms with E-state index in [1.54, 1.807) is 12.2 Å². The second-order valence-corrected chi connectivity index (χ2v) is 9.59. The van der Waals surface area contributed by atoms with Crippen molar-refractivity contribution < 1.29 is 9.59 Å². The summed E-state index contributed by atoms with van der Waals surface area (Å²) in [6, 6.07) is 32.8. The molecule has 0 unspecified atom stereocenters. The summed E-state index contributed by atoms with van der Waals surface area (Å²) < 4.78 is 0. The number of rotatable bonds is 4. The molecule has 5 aromatic rings. The maximum Gasteiger partial charge on any atom is 0.240 e. The monoisotopic (exact) mass is 488 g/mol. The van der Waals surface area contributed by atoms with Gasteiger partial charge in [0.2, 0.25) is 12.2 Å². The first-order valence-corrected chi connectivity index (χ1v) is 12.5. The van der Waals surface area contributed by atoms with E-state index in [4.69, 9.17) is 0 Å². The van der Waals surface area contributed by atoms with Crippen LogP contribution in [0.4, 0.5) is 11.4 Å². The van der Waals surface area contributed by atoms with Crippen LogP contribution in [-0.2, 0) is 22.4 Å². The molecule has 5 aromatic carbocycles. The van der Waals surface area contributed by atoms with E-state index < -0.39 is 0 Å². The largest absolute Gasteiger partial charge is 0.240 e. The molecule has 178 valence electrons. The Hall–Kier alpha value is -5.14. The first-order valence-electron chi connectivity index (χ1n) is 12.5. The SMILES string of the molecule is O=C=Nc1ccc2c(c1-c1ccccc1-c1c(N=C=O)ccc3c1Cc1ccccc1-3)Cc1ccccc1-2. The third-order valence-corrected chi connectivity index (χ3v) is 7.73. The lowest BCUT2D eigenvalue weighted by atomic mass is 9.85. The van der Waals surface area contributed by atoms with E-state index in [-0.39, 0.29) is 0 Å². The number of isocyanates is 2. The minimum absolute atomic E-state index is 0.579. The molecule has 2 aliphatic carbocycles. The lowest BCUT2D eigenvalue weighted by Gasteiger charge is -2.19. The van der Waals surface area contributed by atoms with Gasteiger partial charge in [0, 0.05) is 11.1 Å². The molecule has 0 atom stereocenters. The molecule has 0 heterocycles. The van der Waals surface area contributed by atoms with Gasteiger partial charge in [-0.25, -0.2) is 9.59 Å². The van der Waals surface area contributed by atoms with Crippen molar-refractivity contribution in [1.29, 1.82) is 0 Å². The molecule has 0 fully saturated rings. The van der Waals surface area contributed by atoms with Crippen LogP contribution in [0.5, 0.6) is 0 Å². The molecule has 0 amide bonds. The molecule has 0 saturated carbocycles. The Kier molecular flexibility index (Phi) is 5.09. The standard InChI is InChI=1S/C34H20N2O2/c37-19-35-31-15-13-25-23-9-3-1-7-21(23)17-29(25)33(31)27-11-5-6-12-28(27)34-30-18-22-8-2-4-10-24(22)26(30)14-16-32(34)36-20-38/h1-16H,17-18H2. The highest BCUT2D eigenvalue weighted by Gasteiger charge is 2.28. The van der Waals surface area contributed by atoms with Crippen molar-refractivity contribution in [2.75, 3.05) is 0 Å². The van der Waals surface area contributed by atoms with E-state index in [0.29, 0.717) is 11.4 Å². The molecule has 0 saturated heterocycles. The molecule has 0 bridgehead atoms. The Morgan fingerprint density at radius 1 is 0.447 bits per heavy atom. The predicted octanol–water partition coefficient (Wildman–Crippen LogP) is 8.10. The van der Waals surface area contributed by atoms with Gasteiger partial charge in [0.15, 0.2) is 0 Å². The molecule has 7 rings (SSSR count). The molecule has 0 aliphatic heterocycles. The summed E-state index contributed by atoms with van der Waals surface area (Å²) in [4.78, 5) is 31.3. The van der Waals surface area contributed by atoms with E-state index in [0.717, 1.165) is 57.3 Å². The number of fused-ring (bicyclic) bond motifs is 6. The van der Waals surface area contributed by atoms with Crippen LogP contribution in [0.1, 0.15) is 22.3 Å². The molecule has 2 aliphatic rings. The van der Waals surface area contributed by atoms with Crippen molar-refractivity contribution in [3.63, 3.8) is 0 Å². The fourth-order valence-electron chi connectivity index (χ4n) is 6.20. The second kappa shape index (κ2) is 8.76. The minimum Gasteiger partial charge on any atom is -0.211 e. The topological polar surface area (TPSA) is 58.9 Å². The average Bonchev–Trinajstić information content (AvgIpc) is 3.52. The van der Waals surface area contributed by atoms with Crippen LogP contribution in [0, 0.1) is 0 Å². The van der Waals surface area contributed by atoms with E-state index in [2.05, 4.69) is 58.5 Å². The van der Waals surface area contributed by atoms with Gasteiger partial charge in [-0.1, -0.05) is 84.9 Å². The van der Waals surface area contributed by atoms with E-state index in [1.165, 1.54) is 22.3 Å². The third-order valence-electron chi connectivity index (χ3n) is 7.73. The van der Waals surface area contributed by atoms with Crippen molar-refractivity contribution in [3.05, 3.63) is 119 Å². The van der Waals surface area contributed by atoms with Gasteiger partial charge in [-0.05, 0) is 80.6 Å². The molecule has 0 radical (unpaired) electrons. The van der Waals surface area contributed by atoms with Gasteiger partial charge in [-0.15, -0.1) is 0 Å². The summed E-state index contributed by atoms with van der Waals surface area (Å²) in [5.74, 6) is 0. The third kappa shape index (κ3) is 3.26. The normalized spacial score (nSPS) is 12.0. The summed E-state index contributed by atoms with van der Waals surface area (Å²) in [7, 11) is 0. The highest BCUT2D eigenvalue weighted by atomic mass is 16.1. The zero-order valence-corrected chi connectivity index (χ0v) is 20.4. The molecular formula is C34H20N2O2. The quantitative estimate of drug-likeness (QED) is 0.186. The van der Waals surface area contributed by atoms with Crippen LogP contribution >= 0.6 is 0 Å². The van der Waals surface area contributed by atoms with Gasteiger partial charge in [0.05, 0.1) is 11.4 Å². The number of nitrogens with zero attached hydrogens (tertiary/aromatic N) is 2. The van der Waals surface area contributed by atoms with E-state index in [9.17, 15) is 9.59 Å². The van der Waals surface area contributed by atoms with Crippen LogP contribution in [0.2, 0.25) is 0 Å². The number of carbonyl (C=O) groups excluding carboxylic acids is 2. The smallest absolute Gasteiger partial charge is 0.211 e. The van der Waals surface area contributed by atoms with Gasteiger partial charge in [-0.2, -0.15) is 9.98 Å². The highest BCUT2D eigenvalue weighted by molar-refractivity contribution is 6.00. The van der Waals surface area contributed by atoms with Crippen molar-refractivity contribution >= 4 is 23.5 Å². The van der Waals surface area contributed by atoms with Gasteiger partial charge < -0.3 is 0 Å². The molecule has 0 aromatic heterocycles. The van der Waals surface area contributed by atoms with Gasteiger partial charge in [-0.3, -0.25) is 0 Å². The first kappa shape index (κ1) is 22.1. The molecule has 4 heteroatoms. The Morgan fingerprint density at radius 2 is 0.842 bits per heavy atom. The Morgan fingerprint density at radius 3 is 1.26 bits per heavy atom. The maximum atomic E-state index is 11.5. The van der Waals surface area contributed by atoms with E-state index in [1.807, 2.05) is 48.5 Å². The summed E-state index contributed by atoms with van der Waals surface area (Å²) in [6.45, 7) is 0. The Bertz CT molecular complexity index is 1750. The van der Waals surface area contributed by atoms with Crippen LogP contribution in [0.25, 0.3) is 44.5 Å². The lowest BCUT2D eigenvalue weighted by molar-refractivity contribution is 0.564. The van der Waals surface area contributed by atoms with Crippen LogP contribution in [0.3, 0.4) is 0 Å². The molecular weight excluding hydrogens is 468 g/mol. The maximum absolute atomic E-state index is 11.5. The Balaban J connectivity index is 1.54. The van der Waals surface area contributed by atoms with Crippen molar-refractivity contribution in [1.82, 2.24) is 0 Å². The lowest BCUT2D eigenvalue weighted by Crippen LogP contribution is -1.95. The summed E-state index contributed by atoms with van der Waals surface area (Å²) in [6.07, 6.45) is 5.00. The average molecular weight is 489 g/mol. The zero-order chi connectivity index (χ0) is 25.6. The number of hydrogen-bond donors (Lipinski definition) is 0. The highest BCUT2D eigenvalue weighted by Crippen LogP contribution is 2.51. The number of benzene rings is 5. The van der Waals surface area contributed by atoms with Gasteiger partial charge in [0.1, 0.15) is 0 Å². The summed E-state index contributed by atoms with van der Waals surface area (Å²) >= 11 is 0. The molecule has 38 heavy (non-hydrogen) atoms. The van der Waals surface area contributed by atoms with Crippen molar-refractivity contribution in [2.24, 2.45) is 9.98 Å². The predicted molar refractivity (Wildman–Crippen MR) is 149 cm³/mol. The molecule has 0 spiro atoms. The van der Waals surface area contributed by atoms with Crippen LogP contribution in [-0.4, -0.2) is 12.2 Å². The van der Waals surface area contributed by atoms with Crippen LogP contribution in [0.15, 0.2) is 107 Å². The second-order valence-electron chi connectivity index (χ2n) is 9.59. The van der Waals surface area contributed by atoms with Crippen molar-refractivity contribution in [3.8, 4) is 44.5 Å². The number of hydrogen-bond acceptors (Lipinski definition) is 4. The minimum atomic E-state index is 0.579. The first-order chi connectivity index (χ1) is 18.8. The fourth-order valence-corrected chi connectivity index (χ4v) is 6.20. The fraction of sp³-hybridized carbons (Fsp3) is 0.0588. The summed E-state index contributed by atoms with van der Waals surface area (Å²) in [5.41, 5.74) is 14.3. The molecule has 4 nitrogen and oxygen atoms in total. The zero-order valence-electron chi connectivity index (χ0n) is 20.4. The van der Waals surface area contributed by atoms with Gasteiger partial charge in [0.25, 0.3) is 0 Å². The number of aliphatic imine (C=N–C) groups is 2. The summed E-state index contributed by atoms with van der Waals surface area (Å²) in [5, 5.41) is 0. The van der Waals surface area contributed by atoms with Crippen LogP contribution < -0.4 is 0 Å². The molecule has 0 N–H and O–H groups in total. The Labute approximate surface area is 219 Å².